The van der Waals surface area contributed by atoms with E-state index in [9.17, 15) is 0 Å². The Kier molecular flexibility index (Phi) is 2.96. The van der Waals surface area contributed by atoms with Crippen molar-refractivity contribution >= 4 is 11.3 Å². The van der Waals surface area contributed by atoms with Crippen molar-refractivity contribution in [1.82, 2.24) is 15.2 Å². The summed E-state index contributed by atoms with van der Waals surface area (Å²) in [5.41, 5.74) is 1.26. The standard InChI is InChI=1S/C12H19N3S/c1-9-14-11(8-16-9)7-15-5-4-13-6-12(15)10-2-3-10/h8,10,12-13H,2-7H2,1H3. The van der Waals surface area contributed by atoms with E-state index >= 15 is 0 Å². The van der Waals surface area contributed by atoms with E-state index in [-0.39, 0.29) is 0 Å². The molecule has 1 saturated heterocycles. The molecule has 2 heterocycles. The summed E-state index contributed by atoms with van der Waals surface area (Å²) in [6, 6.07) is 0.760. The maximum absolute atomic E-state index is 4.58. The second kappa shape index (κ2) is 4.43. The van der Waals surface area contributed by atoms with Crippen molar-refractivity contribution in [2.24, 2.45) is 5.92 Å². The lowest BCUT2D eigenvalue weighted by Gasteiger charge is -2.36. The minimum atomic E-state index is 0.760. The van der Waals surface area contributed by atoms with Gasteiger partial charge >= 0.3 is 0 Å². The van der Waals surface area contributed by atoms with Crippen molar-refractivity contribution in [2.45, 2.75) is 32.4 Å². The molecule has 1 aliphatic carbocycles. The summed E-state index contributed by atoms with van der Waals surface area (Å²) in [6.07, 6.45) is 2.86. The van der Waals surface area contributed by atoms with E-state index in [1.165, 1.54) is 36.6 Å². The molecule has 0 amide bonds. The average molecular weight is 237 g/mol. The van der Waals surface area contributed by atoms with Gasteiger partial charge in [-0.3, -0.25) is 4.90 Å². The van der Waals surface area contributed by atoms with Crippen molar-refractivity contribution in [3.05, 3.63) is 16.1 Å². The third kappa shape index (κ3) is 2.29. The lowest BCUT2D eigenvalue weighted by Crippen LogP contribution is -2.51. The fraction of sp³-hybridized carbons (Fsp3) is 0.750. The van der Waals surface area contributed by atoms with Crippen LogP contribution in [0.25, 0.3) is 0 Å². The number of thiazole rings is 1. The maximum Gasteiger partial charge on any atom is 0.0897 e. The second-order valence-electron chi connectivity index (χ2n) is 4.94. The molecule has 0 bridgehead atoms. The van der Waals surface area contributed by atoms with Crippen LogP contribution < -0.4 is 5.32 Å². The van der Waals surface area contributed by atoms with Gasteiger partial charge in [-0.25, -0.2) is 4.98 Å². The van der Waals surface area contributed by atoms with Crippen LogP contribution >= 0.6 is 11.3 Å². The van der Waals surface area contributed by atoms with Crippen molar-refractivity contribution < 1.29 is 0 Å². The predicted molar refractivity (Wildman–Crippen MR) is 66.6 cm³/mol. The first kappa shape index (κ1) is 10.7. The molecule has 1 N–H and O–H groups in total. The summed E-state index contributed by atoms with van der Waals surface area (Å²) in [7, 11) is 0. The molecular weight excluding hydrogens is 218 g/mol. The molecule has 88 valence electrons. The van der Waals surface area contributed by atoms with Gasteiger partial charge in [-0.1, -0.05) is 0 Å². The number of nitrogens with zero attached hydrogens (tertiary/aromatic N) is 2. The number of aromatic nitrogens is 1. The van der Waals surface area contributed by atoms with Crippen LogP contribution in [0.2, 0.25) is 0 Å². The Hall–Kier alpha value is -0.450. The topological polar surface area (TPSA) is 28.2 Å². The summed E-state index contributed by atoms with van der Waals surface area (Å²) in [6.45, 7) is 6.62. The Bertz CT molecular complexity index is 359. The van der Waals surface area contributed by atoms with Crippen molar-refractivity contribution in [3.63, 3.8) is 0 Å². The molecule has 1 aliphatic heterocycles. The van der Waals surface area contributed by atoms with Crippen LogP contribution in [0.5, 0.6) is 0 Å². The molecule has 2 fully saturated rings. The molecule has 3 rings (SSSR count). The van der Waals surface area contributed by atoms with Gasteiger partial charge in [0.1, 0.15) is 0 Å². The molecule has 2 aliphatic rings. The summed E-state index contributed by atoms with van der Waals surface area (Å²) in [5.74, 6) is 0.951. The molecule has 1 aromatic heterocycles. The van der Waals surface area contributed by atoms with Gasteiger partial charge in [0.05, 0.1) is 10.7 Å². The van der Waals surface area contributed by atoms with Gasteiger partial charge in [-0.15, -0.1) is 11.3 Å². The van der Waals surface area contributed by atoms with Crippen molar-refractivity contribution in [3.8, 4) is 0 Å². The monoisotopic (exact) mass is 237 g/mol. The van der Waals surface area contributed by atoms with Crippen LogP contribution in [0.1, 0.15) is 23.5 Å². The molecule has 1 atom stereocenters. The van der Waals surface area contributed by atoms with Crippen LogP contribution in [0.3, 0.4) is 0 Å². The van der Waals surface area contributed by atoms with Crippen LogP contribution in [0.4, 0.5) is 0 Å². The van der Waals surface area contributed by atoms with Crippen LogP contribution in [-0.4, -0.2) is 35.6 Å². The van der Waals surface area contributed by atoms with Crippen LogP contribution in [0.15, 0.2) is 5.38 Å². The number of hydrogen-bond donors (Lipinski definition) is 1. The number of piperazine rings is 1. The Labute approximate surface area is 101 Å². The molecule has 1 aromatic rings. The lowest BCUT2D eigenvalue weighted by atomic mass is 10.1. The zero-order chi connectivity index (χ0) is 11.0. The van der Waals surface area contributed by atoms with Crippen LogP contribution in [0, 0.1) is 12.8 Å². The van der Waals surface area contributed by atoms with E-state index < -0.39 is 0 Å². The first-order valence-electron chi connectivity index (χ1n) is 6.19. The summed E-state index contributed by atoms with van der Waals surface area (Å²) >= 11 is 1.76. The predicted octanol–water partition coefficient (Wildman–Crippen LogP) is 1.64. The summed E-state index contributed by atoms with van der Waals surface area (Å²) in [4.78, 5) is 7.20. The Balaban J connectivity index is 1.67. The fourth-order valence-electron chi connectivity index (χ4n) is 2.60. The Morgan fingerprint density at radius 2 is 2.44 bits per heavy atom. The van der Waals surface area contributed by atoms with Crippen molar-refractivity contribution in [1.29, 1.82) is 0 Å². The van der Waals surface area contributed by atoms with Gasteiger partial charge in [-0.2, -0.15) is 0 Å². The van der Waals surface area contributed by atoms with E-state index in [1.54, 1.807) is 11.3 Å². The molecule has 0 spiro atoms. The largest absolute Gasteiger partial charge is 0.314 e. The highest BCUT2D eigenvalue weighted by Gasteiger charge is 2.36. The highest BCUT2D eigenvalue weighted by atomic mass is 32.1. The second-order valence-corrected chi connectivity index (χ2v) is 6.00. The summed E-state index contributed by atoms with van der Waals surface area (Å²) in [5, 5.41) is 6.92. The first-order chi connectivity index (χ1) is 7.83. The third-order valence-electron chi connectivity index (χ3n) is 3.60. The smallest absolute Gasteiger partial charge is 0.0897 e. The quantitative estimate of drug-likeness (QED) is 0.866. The number of nitrogens with one attached hydrogen (secondary N) is 1. The highest BCUT2D eigenvalue weighted by Crippen LogP contribution is 2.36. The lowest BCUT2D eigenvalue weighted by molar-refractivity contribution is 0.134. The normalized spacial score (nSPS) is 27.2. The van der Waals surface area contributed by atoms with Gasteiger partial charge in [0.15, 0.2) is 0 Å². The van der Waals surface area contributed by atoms with Crippen molar-refractivity contribution in [2.75, 3.05) is 19.6 Å². The minimum Gasteiger partial charge on any atom is -0.314 e. The molecule has 1 saturated carbocycles. The van der Waals surface area contributed by atoms with E-state index in [0.717, 1.165) is 25.0 Å². The molecule has 0 aromatic carbocycles. The number of aryl methyl sites for hydroxylation is 1. The molecular formula is C12H19N3S. The molecule has 0 radical (unpaired) electrons. The highest BCUT2D eigenvalue weighted by molar-refractivity contribution is 7.09. The molecule has 16 heavy (non-hydrogen) atoms. The fourth-order valence-corrected chi connectivity index (χ4v) is 3.20. The van der Waals surface area contributed by atoms with Gasteiger partial charge in [-0.05, 0) is 25.7 Å². The Morgan fingerprint density at radius 3 is 3.12 bits per heavy atom. The SMILES string of the molecule is Cc1nc(CN2CCNCC2C2CC2)cs1. The third-order valence-corrected chi connectivity index (χ3v) is 4.42. The Morgan fingerprint density at radius 1 is 1.56 bits per heavy atom. The van der Waals surface area contributed by atoms with Gasteiger partial charge in [0.25, 0.3) is 0 Å². The first-order valence-corrected chi connectivity index (χ1v) is 7.06. The van der Waals surface area contributed by atoms with E-state index in [4.69, 9.17) is 0 Å². The zero-order valence-electron chi connectivity index (χ0n) is 9.78. The van der Waals surface area contributed by atoms with Crippen LogP contribution in [-0.2, 0) is 6.54 Å². The average Bonchev–Trinajstić information content (AvgIpc) is 3.04. The minimum absolute atomic E-state index is 0.760. The van der Waals surface area contributed by atoms with E-state index in [1.807, 2.05) is 0 Å². The van der Waals surface area contributed by atoms with E-state index in [0.29, 0.717) is 0 Å². The molecule has 3 nitrogen and oxygen atoms in total. The van der Waals surface area contributed by atoms with Gasteiger partial charge in [0.2, 0.25) is 0 Å². The van der Waals surface area contributed by atoms with E-state index in [2.05, 4.69) is 27.5 Å². The van der Waals surface area contributed by atoms with Gasteiger partial charge in [0, 0.05) is 37.6 Å². The number of hydrogen-bond acceptors (Lipinski definition) is 4. The maximum atomic E-state index is 4.58. The molecule has 1 unspecified atom stereocenters. The van der Waals surface area contributed by atoms with Gasteiger partial charge < -0.3 is 5.32 Å². The summed E-state index contributed by atoms with van der Waals surface area (Å²) < 4.78 is 0. The zero-order valence-corrected chi connectivity index (χ0v) is 10.6. The molecule has 4 heteroatoms. The number of rotatable bonds is 3.